The van der Waals surface area contributed by atoms with Gasteiger partial charge in [-0.25, -0.2) is 4.79 Å². The van der Waals surface area contributed by atoms with Crippen LogP contribution in [0.25, 0.3) is 11.5 Å². The van der Waals surface area contributed by atoms with Crippen LogP contribution in [0.3, 0.4) is 0 Å². The van der Waals surface area contributed by atoms with Crippen LogP contribution >= 0.6 is 11.8 Å². The highest BCUT2D eigenvalue weighted by Gasteiger charge is 2.14. The number of carbonyl (C=O) groups is 1. The van der Waals surface area contributed by atoms with Crippen molar-refractivity contribution in [2.75, 3.05) is 13.4 Å². The zero-order valence-corrected chi connectivity index (χ0v) is 14.6. The molecule has 3 rings (SSSR count). The van der Waals surface area contributed by atoms with Crippen LogP contribution in [0.5, 0.6) is 5.75 Å². The molecule has 0 amide bonds. The van der Waals surface area contributed by atoms with E-state index in [1.165, 1.54) is 11.8 Å². The first-order chi connectivity index (χ1) is 12.2. The highest BCUT2D eigenvalue weighted by atomic mass is 32.2. The summed E-state index contributed by atoms with van der Waals surface area (Å²) in [4.78, 5) is 13.1. The fourth-order valence-electron chi connectivity index (χ4n) is 2.18. The zero-order chi connectivity index (χ0) is 17.6. The van der Waals surface area contributed by atoms with Gasteiger partial charge in [0.25, 0.3) is 5.89 Å². The van der Waals surface area contributed by atoms with E-state index in [1.54, 1.807) is 31.4 Å². The molecule has 0 fully saturated rings. The lowest BCUT2D eigenvalue weighted by Crippen LogP contribution is -2.06. The van der Waals surface area contributed by atoms with E-state index in [0.29, 0.717) is 11.5 Å². The molecule has 2 aromatic carbocycles. The number of ether oxygens (including phenoxy) is 2. The summed E-state index contributed by atoms with van der Waals surface area (Å²) in [6.45, 7) is -0.0787. The van der Waals surface area contributed by atoms with Crippen molar-refractivity contribution in [1.29, 1.82) is 0 Å². The average Bonchev–Trinajstić information content (AvgIpc) is 3.15. The van der Waals surface area contributed by atoms with E-state index in [2.05, 4.69) is 10.2 Å². The third-order valence-corrected chi connectivity index (χ3v) is 4.25. The number of benzene rings is 2. The third-order valence-electron chi connectivity index (χ3n) is 3.46. The maximum atomic E-state index is 12.2. The number of aromatic nitrogens is 2. The van der Waals surface area contributed by atoms with Gasteiger partial charge < -0.3 is 13.9 Å². The maximum absolute atomic E-state index is 12.2. The number of thioether (sulfide) groups is 1. The minimum absolute atomic E-state index is 0.0787. The summed E-state index contributed by atoms with van der Waals surface area (Å²) in [5, 5.41) is 7.89. The Morgan fingerprint density at radius 1 is 1.12 bits per heavy atom. The van der Waals surface area contributed by atoms with Gasteiger partial charge in [-0.3, -0.25) is 0 Å². The van der Waals surface area contributed by atoms with Crippen LogP contribution in [-0.2, 0) is 11.3 Å². The van der Waals surface area contributed by atoms with Crippen LogP contribution < -0.4 is 4.74 Å². The first kappa shape index (κ1) is 17.0. The molecule has 0 bridgehead atoms. The lowest BCUT2D eigenvalue weighted by Gasteiger charge is -2.06. The fraction of sp³-hybridized carbons (Fsp3) is 0.167. The number of nitrogens with zero attached hydrogens (tertiary/aromatic N) is 2. The van der Waals surface area contributed by atoms with Crippen molar-refractivity contribution in [1.82, 2.24) is 10.2 Å². The molecule has 1 aromatic heterocycles. The summed E-state index contributed by atoms with van der Waals surface area (Å²) >= 11 is 1.49. The molecular formula is C18H16N2O4S. The molecule has 25 heavy (non-hydrogen) atoms. The third kappa shape index (κ3) is 4.00. The molecule has 0 saturated carbocycles. The Kier molecular flexibility index (Phi) is 5.35. The molecule has 3 aromatic rings. The Hall–Kier alpha value is -2.80. The smallest absolute Gasteiger partial charge is 0.339 e. The van der Waals surface area contributed by atoms with E-state index >= 15 is 0 Å². The molecule has 0 spiro atoms. The first-order valence-corrected chi connectivity index (χ1v) is 8.70. The van der Waals surface area contributed by atoms with Crippen molar-refractivity contribution < 1.29 is 18.7 Å². The molecule has 0 aliphatic heterocycles. The summed E-state index contributed by atoms with van der Waals surface area (Å²) in [6, 6.07) is 14.5. The van der Waals surface area contributed by atoms with Crippen molar-refractivity contribution in [3.05, 3.63) is 60.0 Å². The summed E-state index contributed by atoms with van der Waals surface area (Å²) in [5.74, 6) is 0.915. The SMILES string of the molecule is COc1ccc(-c2nnc(COC(=O)c3ccccc3SC)o2)cc1. The molecule has 0 radical (unpaired) electrons. The lowest BCUT2D eigenvalue weighted by molar-refractivity contribution is 0.0434. The summed E-state index contributed by atoms with van der Waals surface area (Å²) in [7, 11) is 1.60. The number of esters is 1. The standard InChI is InChI=1S/C18H16N2O4S/c1-22-13-9-7-12(8-10-13)17-20-19-16(24-17)11-23-18(21)14-5-3-4-6-15(14)25-2/h3-10H,11H2,1-2H3. The molecule has 7 heteroatoms. The summed E-state index contributed by atoms with van der Waals surface area (Å²) in [6.07, 6.45) is 1.91. The van der Waals surface area contributed by atoms with Gasteiger partial charge in [-0.1, -0.05) is 12.1 Å². The van der Waals surface area contributed by atoms with Crippen molar-refractivity contribution in [3.63, 3.8) is 0 Å². The van der Waals surface area contributed by atoms with Crippen LogP contribution in [0, 0.1) is 0 Å². The molecule has 0 unspecified atom stereocenters. The Morgan fingerprint density at radius 3 is 2.60 bits per heavy atom. The monoisotopic (exact) mass is 356 g/mol. The predicted octanol–water partition coefficient (Wildman–Crippen LogP) is 3.82. The van der Waals surface area contributed by atoms with E-state index in [1.807, 2.05) is 30.5 Å². The second-order valence-electron chi connectivity index (χ2n) is 5.01. The summed E-state index contributed by atoms with van der Waals surface area (Å²) < 4.78 is 15.9. The number of carbonyl (C=O) groups excluding carboxylic acids is 1. The van der Waals surface area contributed by atoms with Crippen LogP contribution in [0.2, 0.25) is 0 Å². The van der Waals surface area contributed by atoms with Gasteiger partial charge in [0.15, 0.2) is 6.61 Å². The van der Waals surface area contributed by atoms with E-state index < -0.39 is 5.97 Å². The van der Waals surface area contributed by atoms with Gasteiger partial charge in [-0.15, -0.1) is 22.0 Å². The number of methoxy groups -OCH3 is 1. The summed E-state index contributed by atoms with van der Waals surface area (Å²) in [5.41, 5.74) is 1.28. The second-order valence-corrected chi connectivity index (χ2v) is 5.85. The van der Waals surface area contributed by atoms with E-state index in [4.69, 9.17) is 13.9 Å². The fourth-order valence-corrected chi connectivity index (χ4v) is 2.77. The zero-order valence-electron chi connectivity index (χ0n) is 13.8. The maximum Gasteiger partial charge on any atom is 0.339 e. The predicted molar refractivity (Wildman–Crippen MR) is 93.6 cm³/mol. The Balaban J connectivity index is 1.66. The molecule has 0 saturated heterocycles. The minimum Gasteiger partial charge on any atom is -0.497 e. The van der Waals surface area contributed by atoms with Gasteiger partial charge in [-0.2, -0.15) is 0 Å². The van der Waals surface area contributed by atoms with E-state index in [0.717, 1.165) is 16.2 Å². The largest absolute Gasteiger partial charge is 0.497 e. The van der Waals surface area contributed by atoms with Crippen LogP contribution in [0.4, 0.5) is 0 Å². The van der Waals surface area contributed by atoms with Crippen LogP contribution in [0.15, 0.2) is 57.8 Å². The molecular weight excluding hydrogens is 340 g/mol. The molecule has 1 heterocycles. The van der Waals surface area contributed by atoms with Gasteiger partial charge in [0, 0.05) is 10.5 Å². The first-order valence-electron chi connectivity index (χ1n) is 7.48. The molecule has 0 aliphatic rings. The molecule has 0 aliphatic carbocycles. The number of rotatable bonds is 6. The Morgan fingerprint density at radius 2 is 1.88 bits per heavy atom. The highest BCUT2D eigenvalue weighted by molar-refractivity contribution is 7.98. The molecule has 128 valence electrons. The van der Waals surface area contributed by atoms with E-state index in [9.17, 15) is 4.79 Å². The average molecular weight is 356 g/mol. The number of hydrogen-bond acceptors (Lipinski definition) is 7. The van der Waals surface area contributed by atoms with Gasteiger partial charge in [0.1, 0.15) is 5.75 Å². The van der Waals surface area contributed by atoms with E-state index in [-0.39, 0.29) is 12.5 Å². The molecule has 0 N–H and O–H groups in total. The molecule has 0 atom stereocenters. The quantitative estimate of drug-likeness (QED) is 0.491. The topological polar surface area (TPSA) is 74.5 Å². The van der Waals surface area contributed by atoms with Crippen LogP contribution in [-0.4, -0.2) is 29.5 Å². The van der Waals surface area contributed by atoms with Crippen molar-refractivity contribution in [2.24, 2.45) is 0 Å². The number of hydrogen-bond donors (Lipinski definition) is 0. The van der Waals surface area contributed by atoms with Crippen LogP contribution in [0.1, 0.15) is 16.2 Å². The van der Waals surface area contributed by atoms with Gasteiger partial charge in [-0.05, 0) is 42.7 Å². The van der Waals surface area contributed by atoms with Crippen molar-refractivity contribution in [3.8, 4) is 17.2 Å². The second kappa shape index (κ2) is 7.85. The van der Waals surface area contributed by atoms with Gasteiger partial charge in [0.05, 0.1) is 12.7 Å². The highest BCUT2D eigenvalue weighted by Crippen LogP contribution is 2.23. The Labute approximate surface area is 149 Å². The minimum atomic E-state index is -0.422. The van der Waals surface area contributed by atoms with Crippen molar-refractivity contribution in [2.45, 2.75) is 11.5 Å². The molecule has 6 nitrogen and oxygen atoms in total. The van der Waals surface area contributed by atoms with Gasteiger partial charge >= 0.3 is 5.97 Å². The Bertz CT molecular complexity index is 862. The normalized spacial score (nSPS) is 10.5. The van der Waals surface area contributed by atoms with Gasteiger partial charge in [0.2, 0.25) is 5.89 Å². The van der Waals surface area contributed by atoms with Crippen molar-refractivity contribution >= 4 is 17.7 Å². The lowest BCUT2D eigenvalue weighted by atomic mass is 10.2.